The van der Waals surface area contributed by atoms with E-state index in [1.165, 1.54) is 49.6 Å². The Morgan fingerprint density at radius 1 is 0.886 bits per heavy atom. The van der Waals surface area contributed by atoms with Crippen molar-refractivity contribution in [3.05, 3.63) is 89.6 Å². The van der Waals surface area contributed by atoms with E-state index in [-0.39, 0.29) is 32.4 Å². The number of rotatable bonds is 1. The number of para-hydroxylation sites is 2. The third kappa shape index (κ3) is 3.40. The van der Waals surface area contributed by atoms with E-state index in [1.807, 2.05) is 12.3 Å². The van der Waals surface area contributed by atoms with Crippen molar-refractivity contribution < 1.29 is 20.1 Å². The Hall–Kier alpha value is -2.88. The molecule has 0 aliphatic carbocycles. The summed E-state index contributed by atoms with van der Waals surface area (Å²) in [5, 5.41) is 2.47. The first-order valence-electron chi connectivity index (χ1n) is 12.0. The number of aryl methyl sites for hydroxylation is 2. The second-order valence-corrected chi connectivity index (χ2v) is 10.6. The molecule has 3 heterocycles. The number of hydrogen-bond donors (Lipinski definition) is 0. The molecule has 0 bridgehead atoms. The Bertz CT molecular complexity index is 1580. The van der Waals surface area contributed by atoms with Gasteiger partial charge in [-0.1, -0.05) is 73.8 Å². The van der Waals surface area contributed by atoms with Crippen LogP contribution < -0.4 is 15.7 Å². The average molecular weight is 635 g/mol. The van der Waals surface area contributed by atoms with Gasteiger partial charge in [0.15, 0.2) is 5.82 Å². The molecule has 1 radical (unpaired) electrons. The second-order valence-electron chi connectivity index (χ2n) is 10.6. The van der Waals surface area contributed by atoms with E-state index in [1.54, 1.807) is 0 Å². The molecule has 3 nitrogen and oxygen atoms in total. The molecule has 6 rings (SSSR count). The molecule has 0 N–H and O–H groups in total. The number of benzene rings is 3. The van der Waals surface area contributed by atoms with Crippen LogP contribution in [-0.4, -0.2) is 23.4 Å². The largest absolute Gasteiger partial charge is 0.406 e. The molecular weight excluding hydrogens is 605 g/mol. The van der Waals surface area contributed by atoms with E-state index in [2.05, 4.69) is 112 Å². The molecule has 5 heteroatoms. The Morgan fingerprint density at radius 3 is 2.29 bits per heavy atom. The smallest absolute Gasteiger partial charge is 0.326 e. The fourth-order valence-corrected chi connectivity index (χ4v) is 5.91. The van der Waals surface area contributed by atoms with Crippen LogP contribution in [0.4, 0.5) is 5.69 Å². The molecule has 0 saturated heterocycles. The van der Waals surface area contributed by atoms with Gasteiger partial charge in [-0.15, -0.1) is 5.39 Å². The van der Waals surface area contributed by atoms with Gasteiger partial charge < -0.3 is 9.38 Å². The first kappa shape index (κ1) is 23.8. The number of pyridine rings is 1. The van der Waals surface area contributed by atoms with E-state index in [0.29, 0.717) is 0 Å². The quantitative estimate of drug-likeness (QED) is 0.181. The third-order valence-corrected chi connectivity index (χ3v) is 7.41. The summed E-state index contributed by atoms with van der Waals surface area (Å²) in [7, 11) is 2.24. The molecular formula is C30H29BIrN3-. The molecule has 0 amide bonds. The van der Waals surface area contributed by atoms with Gasteiger partial charge in [-0.25, -0.2) is 4.98 Å². The standard InChI is InChI=1S/C30H29BN3.Ir/c1-19-11-9-12-20(2)26(19)31-24-15-10-14-22-21-13-7-8-16-25(21)34(27(22)24)29-28(33(31)6)23(17-18-32-29)30(3,4)5;/h7-15,17-18H,1-6H3;/q-1;. The number of hydrogen-bond acceptors (Lipinski definition) is 2. The van der Waals surface area contributed by atoms with E-state index in [0.717, 1.165) is 11.3 Å². The predicted molar refractivity (Wildman–Crippen MR) is 145 cm³/mol. The molecule has 0 spiro atoms. The van der Waals surface area contributed by atoms with Crippen molar-refractivity contribution in [3.63, 3.8) is 0 Å². The normalized spacial score (nSPS) is 13.1. The van der Waals surface area contributed by atoms with Crippen molar-refractivity contribution in [2.24, 2.45) is 0 Å². The van der Waals surface area contributed by atoms with Crippen LogP contribution in [0.5, 0.6) is 0 Å². The van der Waals surface area contributed by atoms with E-state index >= 15 is 0 Å². The van der Waals surface area contributed by atoms with Gasteiger partial charge in [0.05, 0.1) is 5.69 Å². The summed E-state index contributed by atoms with van der Waals surface area (Å²) in [5.41, 5.74) is 10.1. The van der Waals surface area contributed by atoms with Crippen LogP contribution in [0.2, 0.25) is 0 Å². The van der Waals surface area contributed by atoms with Crippen LogP contribution in [0, 0.1) is 19.9 Å². The Morgan fingerprint density at radius 2 is 1.57 bits per heavy atom. The maximum Gasteiger partial charge on any atom is 0.326 e. The van der Waals surface area contributed by atoms with Gasteiger partial charge in [0, 0.05) is 31.8 Å². The monoisotopic (exact) mass is 635 g/mol. The van der Waals surface area contributed by atoms with Crippen molar-refractivity contribution >= 4 is 45.3 Å². The zero-order valence-electron chi connectivity index (χ0n) is 21.1. The summed E-state index contributed by atoms with van der Waals surface area (Å²) in [6.07, 6.45) is 1.97. The van der Waals surface area contributed by atoms with Gasteiger partial charge in [-0.2, -0.15) is 24.3 Å². The fourth-order valence-electron chi connectivity index (χ4n) is 5.91. The van der Waals surface area contributed by atoms with Crippen LogP contribution in [0.25, 0.3) is 27.6 Å². The van der Waals surface area contributed by atoms with E-state index in [4.69, 9.17) is 4.98 Å². The van der Waals surface area contributed by atoms with Crippen LogP contribution in [0.1, 0.15) is 37.5 Å². The maximum absolute atomic E-state index is 5.02. The maximum atomic E-state index is 5.02. The Kier molecular flexibility index (Phi) is 5.70. The molecule has 1 aliphatic rings. The van der Waals surface area contributed by atoms with E-state index in [9.17, 15) is 0 Å². The zero-order chi connectivity index (χ0) is 23.8. The van der Waals surface area contributed by atoms with Crippen molar-refractivity contribution in [2.45, 2.75) is 40.0 Å². The van der Waals surface area contributed by atoms with Crippen LogP contribution in [0.3, 0.4) is 0 Å². The van der Waals surface area contributed by atoms with Gasteiger partial charge >= 0.3 is 6.85 Å². The zero-order valence-corrected chi connectivity index (χ0v) is 23.5. The van der Waals surface area contributed by atoms with Crippen LogP contribution in [0.15, 0.2) is 66.9 Å². The second kappa shape index (κ2) is 8.36. The van der Waals surface area contributed by atoms with Gasteiger partial charge in [-0.05, 0) is 54.3 Å². The van der Waals surface area contributed by atoms with E-state index < -0.39 is 0 Å². The predicted octanol–water partition coefficient (Wildman–Crippen LogP) is 5.45. The minimum Gasteiger partial charge on any atom is -0.406 e. The van der Waals surface area contributed by atoms with Crippen molar-refractivity contribution in [1.29, 1.82) is 0 Å². The molecule has 0 saturated carbocycles. The van der Waals surface area contributed by atoms with Crippen LogP contribution in [-0.2, 0) is 25.5 Å². The van der Waals surface area contributed by atoms with Crippen molar-refractivity contribution in [3.8, 4) is 5.82 Å². The minimum atomic E-state index is -0.0328. The first-order chi connectivity index (χ1) is 16.3. The molecule has 0 fully saturated rings. The number of anilines is 1. The molecule has 5 aromatic rings. The topological polar surface area (TPSA) is 21.1 Å². The van der Waals surface area contributed by atoms with Crippen molar-refractivity contribution in [2.75, 3.05) is 11.9 Å². The number of nitrogens with zero attached hydrogens (tertiary/aromatic N) is 3. The minimum absolute atomic E-state index is 0. The molecule has 177 valence electrons. The van der Waals surface area contributed by atoms with Gasteiger partial charge in [0.1, 0.15) is 0 Å². The molecule has 0 unspecified atom stereocenters. The third-order valence-electron chi connectivity index (χ3n) is 7.41. The fraction of sp³-hybridized carbons (Fsp3) is 0.233. The first-order valence-corrected chi connectivity index (χ1v) is 12.0. The number of aromatic nitrogens is 2. The Labute approximate surface area is 221 Å². The summed E-state index contributed by atoms with van der Waals surface area (Å²) in [4.78, 5) is 7.49. The molecule has 2 aromatic heterocycles. The van der Waals surface area contributed by atoms with Gasteiger partial charge in [0.2, 0.25) is 0 Å². The summed E-state index contributed by atoms with van der Waals surface area (Å²) in [6.45, 7) is 11.4. The molecule has 0 atom stereocenters. The summed E-state index contributed by atoms with van der Waals surface area (Å²) < 4.78 is 2.36. The average Bonchev–Trinajstić information content (AvgIpc) is 3.09. The molecule has 3 aromatic carbocycles. The molecule has 35 heavy (non-hydrogen) atoms. The molecule has 1 aliphatic heterocycles. The summed E-state index contributed by atoms with van der Waals surface area (Å²) in [5.74, 6) is 0.985. The van der Waals surface area contributed by atoms with Gasteiger partial charge in [-0.3, -0.25) is 0 Å². The SMILES string of the molecule is Cc1cccc(C)c1B1c2cccc3c4ccc[c-]c4n(c23)-c2nccc(C(C)(C)C)c2N1C.[Ir]. The summed E-state index contributed by atoms with van der Waals surface area (Å²) in [6, 6.07) is 25.4. The summed E-state index contributed by atoms with van der Waals surface area (Å²) >= 11 is 0. The number of fused-ring (bicyclic) bond motifs is 5. The van der Waals surface area contributed by atoms with Crippen LogP contribution >= 0.6 is 0 Å². The van der Waals surface area contributed by atoms with Gasteiger partial charge in [0.25, 0.3) is 0 Å². The van der Waals surface area contributed by atoms with Crippen molar-refractivity contribution in [1.82, 2.24) is 9.55 Å². The Balaban J connectivity index is 0.00000253.